The third-order valence-electron chi connectivity index (χ3n) is 9.98. The van der Waals surface area contributed by atoms with Crippen LogP contribution in [0.15, 0.2) is 133 Å². The molecule has 1 radical (unpaired) electrons. The number of nitrogens with zero attached hydrogens (tertiary/aromatic N) is 1. The summed E-state index contributed by atoms with van der Waals surface area (Å²) in [5.41, 5.74) is 13.0. The van der Waals surface area contributed by atoms with Gasteiger partial charge in [-0.15, -0.1) is 29.3 Å². The summed E-state index contributed by atoms with van der Waals surface area (Å²) < 4.78 is 0. The molecule has 8 rings (SSSR count). The van der Waals surface area contributed by atoms with Crippen molar-refractivity contribution < 1.29 is 30.0 Å². The number of rotatable bonds is 3. The molecule has 0 spiro atoms. The Morgan fingerprint density at radius 2 is 1.30 bits per heavy atom. The van der Waals surface area contributed by atoms with Crippen LogP contribution in [0.1, 0.15) is 69.9 Å². The fourth-order valence-electron chi connectivity index (χ4n) is 7.28. The van der Waals surface area contributed by atoms with Crippen LogP contribution in [0.2, 0.25) is 0 Å². The average molecular weight is 833 g/mol. The second-order valence-corrected chi connectivity index (χ2v) is 13.7. The second kappa shape index (κ2) is 15.5. The van der Waals surface area contributed by atoms with E-state index in [-0.39, 0.29) is 37.1 Å². The summed E-state index contributed by atoms with van der Waals surface area (Å²) in [6.45, 7) is 4.63. The average Bonchev–Trinajstić information content (AvgIpc) is 3.37. The minimum absolute atomic E-state index is 0. The Hall–Kier alpha value is -4.63. The topological polar surface area (TPSA) is 50.2 Å². The van der Waals surface area contributed by atoms with Crippen LogP contribution in [0.4, 0.5) is 0 Å². The maximum Gasteiger partial charge on any atom is 0.159 e. The minimum Gasteiger partial charge on any atom is -0.512 e. The van der Waals surface area contributed by atoms with Gasteiger partial charge in [0.2, 0.25) is 0 Å². The largest absolute Gasteiger partial charge is 0.512 e. The van der Waals surface area contributed by atoms with Gasteiger partial charge < -0.3 is 5.11 Å². The molecule has 0 saturated carbocycles. The summed E-state index contributed by atoms with van der Waals surface area (Å²) in [5, 5.41) is 10.4. The number of fused-ring (bicyclic) bond motifs is 4. The molecule has 0 amide bonds. The molecule has 3 nitrogen and oxygen atoms in total. The van der Waals surface area contributed by atoms with E-state index in [2.05, 4.69) is 141 Å². The maximum absolute atomic E-state index is 11.1. The number of carbonyl (C=O) groups excluding carboxylic acids is 1. The fourth-order valence-corrected chi connectivity index (χ4v) is 7.28. The van der Waals surface area contributed by atoms with Crippen LogP contribution < -0.4 is 0 Å². The molecule has 253 valence electrons. The van der Waals surface area contributed by atoms with Crippen LogP contribution in [0, 0.1) is 6.07 Å². The molecule has 2 aliphatic rings. The van der Waals surface area contributed by atoms with E-state index in [0.717, 1.165) is 41.4 Å². The zero-order valence-electron chi connectivity index (χ0n) is 28.7. The third kappa shape index (κ3) is 7.43. The molecule has 0 saturated heterocycles. The Labute approximate surface area is 309 Å². The van der Waals surface area contributed by atoms with Crippen molar-refractivity contribution in [3.05, 3.63) is 150 Å². The number of allylic oxidation sites excluding steroid dienone is 2. The smallest absolute Gasteiger partial charge is 0.159 e. The summed E-state index contributed by atoms with van der Waals surface area (Å²) >= 11 is 0. The summed E-state index contributed by atoms with van der Waals surface area (Å²) in [4.78, 5) is 16.2. The van der Waals surface area contributed by atoms with E-state index in [1.807, 2.05) is 0 Å². The van der Waals surface area contributed by atoms with Crippen LogP contribution in [0.5, 0.6) is 0 Å². The van der Waals surface area contributed by atoms with Gasteiger partial charge in [-0.1, -0.05) is 141 Å². The number of hydrogen-bond acceptors (Lipinski definition) is 3. The third-order valence-corrected chi connectivity index (χ3v) is 9.98. The molecule has 4 heteroatoms. The molecular formula is C46H42IrNO2-. The normalized spacial score (nSPS) is 16.1. The van der Waals surface area contributed by atoms with E-state index in [0.29, 0.717) is 12.8 Å². The number of aromatic nitrogens is 1. The van der Waals surface area contributed by atoms with Gasteiger partial charge in [-0.3, -0.25) is 9.78 Å². The summed E-state index contributed by atoms with van der Waals surface area (Å²) in [5.74, 6) is 0.344. The second-order valence-electron chi connectivity index (χ2n) is 13.7. The summed E-state index contributed by atoms with van der Waals surface area (Å²) in [7, 11) is 0. The summed E-state index contributed by atoms with van der Waals surface area (Å²) in [6, 6.07) is 46.8. The Morgan fingerprint density at radius 1 is 0.640 bits per heavy atom. The van der Waals surface area contributed by atoms with Gasteiger partial charge in [-0.2, -0.15) is 0 Å². The predicted molar refractivity (Wildman–Crippen MR) is 202 cm³/mol. The Kier molecular flexibility index (Phi) is 10.9. The molecular weight excluding hydrogens is 791 g/mol. The van der Waals surface area contributed by atoms with E-state index in [4.69, 9.17) is 4.98 Å². The van der Waals surface area contributed by atoms with Gasteiger partial charge in [0.05, 0.1) is 11.3 Å². The first-order valence-electron chi connectivity index (χ1n) is 17.5. The number of pyridine rings is 1. The van der Waals surface area contributed by atoms with Crippen molar-refractivity contribution in [3.63, 3.8) is 0 Å². The molecule has 0 fully saturated rings. The first kappa shape index (κ1) is 35.2. The van der Waals surface area contributed by atoms with Crippen molar-refractivity contribution >= 4 is 16.7 Å². The van der Waals surface area contributed by atoms with Crippen molar-refractivity contribution in [1.82, 2.24) is 4.98 Å². The Balaban J connectivity index is 0.000000285. The number of carbonyl (C=O) groups is 1. The molecule has 5 aromatic carbocycles. The molecule has 2 aliphatic carbocycles. The quantitative estimate of drug-likeness (QED) is 0.181. The van der Waals surface area contributed by atoms with E-state index < -0.39 is 0 Å². The molecule has 0 unspecified atom stereocenters. The van der Waals surface area contributed by atoms with Crippen LogP contribution in [0.3, 0.4) is 0 Å². The molecule has 0 atom stereocenters. The fraction of sp³-hybridized carbons (Fsp3) is 0.217. The van der Waals surface area contributed by atoms with Crippen molar-refractivity contribution in [2.75, 3.05) is 0 Å². The standard InChI is InChI=1S/C36H26N.C10H16O2.Ir/c1-36(2)32-16-10-9-15-28(32)29-19-17-27(22-33(29)36)35-23-30(25-13-7-4-8-14-25)31-21-26(18-20-34(31)37-35)24-11-5-3-6-12-24;11-9-6-4-2-1-3-5-7-10(12)8-9;/h3-16,18-23H,1-2H3;8,11H,1-7H2;/q-1;;/b;9-8-;. The van der Waals surface area contributed by atoms with Gasteiger partial charge in [0, 0.05) is 44.4 Å². The van der Waals surface area contributed by atoms with E-state index >= 15 is 0 Å². The Bertz CT molecular complexity index is 2150. The SMILES string of the molecule is CC1(C)c2ccccc2-c2c[c-]c(-c3cc(-c4ccccc4)c4cc(-c5ccccc5)ccc4n3)cc21.O=C1/C=C(\O)CCCCCCC1.[Ir]. The van der Waals surface area contributed by atoms with Crippen molar-refractivity contribution in [2.24, 2.45) is 0 Å². The van der Waals surface area contributed by atoms with Gasteiger partial charge >= 0.3 is 0 Å². The van der Waals surface area contributed by atoms with Crippen LogP contribution in [-0.4, -0.2) is 15.9 Å². The molecule has 1 N–H and O–H groups in total. The van der Waals surface area contributed by atoms with Crippen molar-refractivity contribution in [1.29, 1.82) is 0 Å². The van der Waals surface area contributed by atoms with Crippen molar-refractivity contribution in [3.8, 4) is 44.6 Å². The van der Waals surface area contributed by atoms with Gasteiger partial charge in [0.25, 0.3) is 0 Å². The van der Waals surface area contributed by atoms with Crippen molar-refractivity contribution in [2.45, 2.75) is 64.2 Å². The van der Waals surface area contributed by atoms with Crippen LogP contribution in [-0.2, 0) is 30.3 Å². The van der Waals surface area contributed by atoms with Crippen LogP contribution >= 0.6 is 0 Å². The summed E-state index contributed by atoms with van der Waals surface area (Å²) in [6.07, 6.45) is 8.17. The van der Waals surface area contributed by atoms with E-state index in [9.17, 15) is 9.90 Å². The molecule has 0 aliphatic heterocycles. The van der Waals surface area contributed by atoms with E-state index in [1.165, 1.54) is 63.4 Å². The first-order valence-corrected chi connectivity index (χ1v) is 17.5. The number of aliphatic hydroxyl groups is 1. The number of aliphatic hydroxyl groups excluding tert-OH is 1. The molecule has 6 aromatic rings. The monoisotopic (exact) mass is 833 g/mol. The van der Waals surface area contributed by atoms with Gasteiger partial charge in [0.1, 0.15) is 0 Å². The van der Waals surface area contributed by atoms with Gasteiger partial charge in [0.15, 0.2) is 5.78 Å². The van der Waals surface area contributed by atoms with Crippen LogP contribution in [0.25, 0.3) is 55.5 Å². The first-order chi connectivity index (χ1) is 23.9. The maximum atomic E-state index is 11.1. The predicted octanol–water partition coefficient (Wildman–Crippen LogP) is 12.1. The minimum atomic E-state index is -0.0561. The number of hydrogen-bond donors (Lipinski definition) is 1. The van der Waals surface area contributed by atoms with Gasteiger partial charge in [-0.05, 0) is 63.9 Å². The molecule has 1 heterocycles. The zero-order chi connectivity index (χ0) is 33.8. The number of ketones is 1. The molecule has 0 bridgehead atoms. The Morgan fingerprint density at radius 3 is 2.06 bits per heavy atom. The number of benzene rings is 5. The van der Waals surface area contributed by atoms with Gasteiger partial charge in [-0.25, -0.2) is 0 Å². The molecule has 1 aromatic heterocycles. The zero-order valence-corrected chi connectivity index (χ0v) is 31.1. The van der Waals surface area contributed by atoms with E-state index in [1.54, 1.807) is 0 Å². The molecule has 50 heavy (non-hydrogen) atoms.